The van der Waals surface area contributed by atoms with Crippen LogP contribution in [0.3, 0.4) is 0 Å². The summed E-state index contributed by atoms with van der Waals surface area (Å²) in [7, 11) is 0. The van der Waals surface area contributed by atoms with Crippen LogP contribution in [0.25, 0.3) is 33.4 Å². The second kappa shape index (κ2) is 17.1. The smallest absolute Gasteiger partial charge is 0.517 e. The molecular formula is C49H36N4OPt. The Morgan fingerprint density at radius 3 is 1.76 bits per heavy atom. The predicted octanol–water partition coefficient (Wildman–Crippen LogP) is 12.7. The zero-order valence-corrected chi connectivity index (χ0v) is 32.3. The summed E-state index contributed by atoms with van der Waals surface area (Å²) in [6.07, 6.45) is 3.45. The van der Waals surface area contributed by atoms with E-state index in [1.807, 2.05) is 138 Å². The van der Waals surface area contributed by atoms with Gasteiger partial charge in [0.2, 0.25) is 0 Å². The fourth-order valence-electron chi connectivity index (χ4n) is 6.59. The fourth-order valence-corrected chi connectivity index (χ4v) is 6.59. The van der Waals surface area contributed by atoms with Gasteiger partial charge in [0, 0.05) is 17.7 Å². The van der Waals surface area contributed by atoms with Gasteiger partial charge in [-0.15, -0.1) is 29.8 Å². The van der Waals surface area contributed by atoms with Gasteiger partial charge in [-0.05, 0) is 64.8 Å². The maximum atomic E-state index is 10.7. The third-order valence-corrected chi connectivity index (χ3v) is 9.23. The molecule has 0 atom stereocenters. The van der Waals surface area contributed by atoms with E-state index in [0.29, 0.717) is 17.2 Å². The average Bonchev–Trinajstić information content (AvgIpc) is 3.23. The van der Waals surface area contributed by atoms with Gasteiger partial charge < -0.3 is 19.9 Å². The van der Waals surface area contributed by atoms with Crippen molar-refractivity contribution < 1.29 is 26.2 Å². The summed E-state index contributed by atoms with van der Waals surface area (Å²) in [6, 6.07) is 68.0. The summed E-state index contributed by atoms with van der Waals surface area (Å²) in [5.74, 6) is 1.52. The van der Waals surface area contributed by atoms with Gasteiger partial charge in [0.25, 0.3) is 0 Å². The van der Waals surface area contributed by atoms with Crippen molar-refractivity contribution >= 4 is 40.7 Å². The van der Waals surface area contributed by atoms with Crippen molar-refractivity contribution in [1.82, 2.24) is 4.98 Å². The SMILES string of the molecule is Cc1ccccc1N([C-]=Nc1c(-c2ccccc2)cccc1-c1ccccc1)c1cccc(N(c2[c-]c(-c3ccccc3O)ccc2)c2ccccc2)n1.[Pt+2]. The molecule has 1 aromatic heterocycles. The van der Waals surface area contributed by atoms with E-state index in [0.717, 1.165) is 56.1 Å². The molecule has 8 rings (SSSR count). The third-order valence-electron chi connectivity index (χ3n) is 9.23. The Hall–Kier alpha value is -6.55. The van der Waals surface area contributed by atoms with Crippen LogP contribution in [-0.2, 0) is 21.1 Å². The molecular weight excluding hydrogens is 856 g/mol. The van der Waals surface area contributed by atoms with Crippen molar-refractivity contribution in [1.29, 1.82) is 0 Å². The summed E-state index contributed by atoms with van der Waals surface area (Å²) < 4.78 is 0. The minimum atomic E-state index is 0. The first-order chi connectivity index (χ1) is 26.6. The molecule has 55 heavy (non-hydrogen) atoms. The number of benzene rings is 7. The minimum absolute atomic E-state index is 0. The molecule has 1 N–H and O–H groups in total. The number of nitrogens with zero attached hydrogens (tertiary/aromatic N) is 4. The molecule has 7 aromatic carbocycles. The molecule has 0 radical (unpaired) electrons. The monoisotopic (exact) mass is 891 g/mol. The number of aromatic nitrogens is 1. The van der Waals surface area contributed by atoms with E-state index in [2.05, 4.69) is 78.8 Å². The Labute approximate surface area is 336 Å². The molecule has 0 amide bonds. The molecule has 0 fully saturated rings. The Kier molecular flexibility index (Phi) is 11.4. The second-order valence-electron chi connectivity index (χ2n) is 12.8. The summed E-state index contributed by atoms with van der Waals surface area (Å²) in [5, 5.41) is 10.7. The van der Waals surface area contributed by atoms with E-state index in [1.54, 1.807) is 6.07 Å². The molecule has 0 saturated heterocycles. The number of anilines is 5. The van der Waals surface area contributed by atoms with E-state index in [1.165, 1.54) is 0 Å². The molecule has 0 saturated carbocycles. The van der Waals surface area contributed by atoms with Crippen molar-refractivity contribution in [2.75, 3.05) is 9.80 Å². The zero-order chi connectivity index (χ0) is 36.7. The summed E-state index contributed by atoms with van der Waals surface area (Å²) >= 11 is 0. The third kappa shape index (κ3) is 8.03. The first kappa shape index (κ1) is 36.8. The maximum Gasteiger partial charge on any atom is 2.00 e. The van der Waals surface area contributed by atoms with Gasteiger partial charge in [-0.1, -0.05) is 163 Å². The standard InChI is InChI=1S/C49H36N4O.Pt/c1-36-18-11-13-30-45(36)52(35-50-49-43(37-19-5-2-6-20-37)28-16-29-44(49)38-21-7-3-8-22-38)47-32-17-33-48(51-47)53(40-24-9-4-10-25-40)41-26-15-23-39(34-41)42-27-12-14-31-46(42)54;/h2-33,54H,1H3;/q-2;+2. The zero-order valence-electron chi connectivity index (χ0n) is 30.0. The number of aromatic hydroxyl groups is 1. The minimum Gasteiger partial charge on any atom is -0.517 e. The fraction of sp³-hybridized carbons (Fsp3) is 0.0204. The Morgan fingerprint density at radius 2 is 1.09 bits per heavy atom. The van der Waals surface area contributed by atoms with E-state index >= 15 is 0 Å². The van der Waals surface area contributed by atoms with Gasteiger partial charge in [0.05, 0.1) is 11.6 Å². The predicted molar refractivity (Wildman–Crippen MR) is 223 cm³/mol. The molecule has 0 aliphatic rings. The van der Waals surface area contributed by atoms with Gasteiger partial charge >= 0.3 is 21.1 Å². The van der Waals surface area contributed by atoms with Gasteiger partial charge in [-0.3, -0.25) is 4.98 Å². The number of hydrogen-bond donors (Lipinski definition) is 1. The molecule has 0 spiro atoms. The molecule has 1 heterocycles. The van der Waals surface area contributed by atoms with Gasteiger partial charge in [0.1, 0.15) is 5.82 Å². The van der Waals surface area contributed by atoms with E-state index in [4.69, 9.17) is 9.98 Å². The van der Waals surface area contributed by atoms with E-state index in [9.17, 15) is 5.11 Å². The maximum absolute atomic E-state index is 10.7. The number of aryl methyl sites for hydroxylation is 1. The summed E-state index contributed by atoms with van der Waals surface area (Å²) in [5.41, 5.74) is 10.1. The normalized spacial score (nSPS) is 10.9. The largest absolute Gasteiger partial charge is 2.00 e. The Bertz CT molecular complexity index is 2480. The quantitative estimate of drug-likeness (QED) is 0.0643. The van der Waals surface area contributed by atoms with Crippen molar-refractivity contribution in [3.63, 3.8) is 0 Å². The number of phenolic OH excluding ortho intramolecular Hbond substituents is 1. The molecule has 5 nitrogen and oxygen atoms in total. The van der Waals surface area contributed by atoms with Crippen LogP contribution in [0.2, 0.25) is 0 Å². The van der Waals surface area contributed by atoms with Crippen molar-refractivity contribution in [3.8, 4) is 39.1 Å². The van der Waals surface area contributed by atoms with Crippen LogP contribution in [0.5, 0.6) is 5.75 Å². The van der Waals surface area contributed by atoms with Crippen LogP contribution in [0.15, 0.2) is 199 Å². The van der Waals surface area contributed by atoms with Crippen LogP contribution in [0, 0.1) is 13.0 Å². The van der Waals surface area contributed by atoms with Crippen LogP contribution < -0.4 is 9.80 Å². The molecule has 268 valence electrons. The second-order valence-corrected chi connectivity index (χ2v) is 12.8. The number of phenols is 1. The Morgan fingerprint density at radius 1 is 0.545 bits per heavy atom. The number of rotatable bonds is 10. The van der Waals surface area contributed by atoms with E-state index in [-0.39, 0.29) is 26.8 Å². The van der Waals surface area contributed by atoms with Crippen LogP contribution in [-0.4, -0.2) is 16.4 Å². The average molecular weight is 892 g/mol. The first-order valence-electron chi connectivity index (χ1n) is 17.8. The molecule has 0 aliphatic carbocycles. The first-order valence-corrected chi connectivity index (χ1v) is 17.8. The Balaban J connectivity index is 0.00000465. The van der Waals surface area contributed by atoms with Crippen LogP contribution in [0.1, 0.15) is 5.56 Å². The van der Waals surface area contributed by atoms with Crippen molar-refractivity contribution in [2.45, 2.75) is 6.92 Å². The van der Waals surface area contributed by atoms with E-state index < -0.39 is 0 Å². The molecule has 0 unspecified atom stereocenters. The number of aliphatic imine (C=N–C) groups is 1. The van der Waals surface area contributed by atoms with Crippen molar-refractivity contribution in [3.05, 3.63) is 206 Å². The van der Waals surface area contributed by atoms with Crippen molar-refractivity contribution in [2.24, 2.45) is 4.99 Å². The molecule has 0 bridgehead atoms. The number of hydrogen-bond acceptors (Lipinski definition) is 4. The topological polar surface area (TPSA) is 52.0 Å². The number of para-hydroxylation sites is 4. The number of pyridine rings is 1. The summed E-state index contributed by atoms with van der Waals surface area (Å²) in [6.45, 7) is 2.08. The molecule has 0 aliphatic heterocycles. The summed E-state index contributed by atoms with van der Waals surface area (Å²) in [4.78, 5) is 14.5. The van der Waals surface area contributed by atoms with Gasteiger partial charge in [-0.25, -0.2) is 0 Å². The van der Waals surface area contributed by atoms with Gasteiger partial charge in [-0.2, -0.15) is 0 Å². The molecule has 8 aromatic rings. The van der Waals surface area contributed by atoms with Crippen LogP contribution in [0.4, 0.5) is 34.4 Å². The van der Waals surface area contributed by atoms with Gasteiger partial charge in [0.15, 0.2) is 0 Å². The molecule has 6 heteroatoms. The van der Waals surface area contributed by atoms with Crippen LogP contribution >= 0.6 is 0 Å².